The lowest BCUT2D eigenvalue weighted by Gasteiger charge is -2.49. The molecule has 312 valence electrons. The summed E-state index contributed by atoms with van der Waals surface area (Å²) in [6, 6.07) is 12.0. The Labute approximate surface area is 349 Å². The lowest BCUT2D eigenvalue weighted by molar-refractivity contribution is -0.136. The molecule has 2 spiro atoms. The van der Waals surface area contributed by atoms with Crippen LogP contribution < -0.4 is 20.4 Å². The maximum absolute atomic E-state index is 11.3. The van der Waals surface area contributed by atoms with Crippen molar-refractivity contribution in [1.82, 2.24) is 40.4 Å². The second kappa shape index (κ2) is 16.5. The zero-order valence-electron chi connectivity index (χ0n) is 34.3. The van der Waals surface area contributed by atoms with E-state index in [1.165, 1.54) is 0 Å². The lowest BCUT2D eigenvalue weighted by atomic mass is 9.78. The first-order chi connectivity index (χ1) is 29.1. The van der Waals surface area contributed by atoms with Crippen LogP contribution in [0.15, 0.2) is 49.1 Å². The highest BCUT2D eigenvalue weighted by molar-refractivity contribution is 5.93. The van der Waals surface area contributed by atoms with E-state index in [4.69, 9.17) is 9.47 Å². The number of likely N-dealkylation sites (tertiary alicyclic amines) is 2. The average molecular weight is 813 g/mol. The number of nitriles is 2. The van der Waals surface area contributed by atoms with Gasteiger partial charge in [-0.15, -0.1) is 0 Å². The minimum atomic E-state index is 0.0560. The monoisotopic (exact) mass is 812 g/mol. The first-order valence-electron chi connectivity index (χ1n) is 21.3. The van der Waals surface area contributed by atoms with Crippen LogP contribution in [-0.2, 0) is 19.1 Å². The molecule has 8 heterocycles. The Hall–Kier alpha value is -5.52. The number of anilines is 2. The third-order valence-electron chi connectivity index (χ3n) is 13.1. The van der Waals surface area contributed by atoms with E-state index in [2.05, 4.69) is 76.2 Å². The first-order valence-corrected chi connectivity index (χ1v) is 21.3. The van der Waals surface area contributed by atoms with Gasteiger partial charge in [0.05, 0.1) is 58.0 Å². The third-order valence-corrected chi connectivity index (χ3v) is 13.1. The van der Waals surface area contributed by atoms with Crippen molar-refractivity contribution >= 4 is 45.3 Å². The van der Waals surface area contributed by atoms with Gasteiger partial charge >= 0.3 is 0 Å². The van der Waals surface area contributed by atoms with E-state index in [0.717, 1.165) is 114 Å². The van der Waals surface area contributed by atoms with Crippen molar-refractivity contribution < 1.29 is 19.1 Å². The van der Waals surface area contributed by atoms with Gasteiger partial charge in [-0.05, 0) is 63.8 Å². The largest absolute Gasteiger partial charge is 0.370 e. The number of nitrogens with one attached hydrogen (secondary N) is 2. The van der Waals surface area contributed by atoms with Gasteiger partial charge in [0, 0.05) is 103 Å². The normalized spacial score (nSPS) is 26.3. The number of ether oxygens (including phenoxy) is 2. The summed E-state index contributed by atoms with van der Waals surface area (Å²) in [5.41, 5.74) is 6.05. The summed E-state index contributed by atoms with van der Waals surface area (Å²) >= 11 is 0. The van der Waals surface area contributed by atoms with Crippen LogP contribution in [0.25, 0.3) is 22.1 Å². The van der Waals surface area contributed by atoms with Gasteiger partial charge in [0.2, 0.25) is 11.8 Å². The van der Waals surface area contributed by atoms with Crippen LogP contribution in [0.5, 0.6) is 0 Å². The molecule has 16 heteroatoms. The Kier molecular flexibility index (Phi) is 11.0. The summed E-state index contributed by atoms with van der Waals surface area (Å²) in [6.45, 7) is 13.0. The van der Waals surface area contributed by atoms with Gasteiger partial charge in [-0.1, -0.05) is 0 Å². The second-order valence-electron chi connectivity index (χ2n) is 17.6. The molecule has 6 saturated heterocycles. The van der Waals surface area contributed by atoms with E-state index in [1.54, 1.807) is 24.8 Å². The van der Waals surface area contributed by atoms with Crippen molar-refractivity contribution in [2.45, 2.75) is 87.9 Å². The topological polar surface area (TPSA) is 189 Å². The van der Waals surface area contributed by atoms with Crippen molar-refractivity contribution in [2.75, 3.05) is 75.2 Å². The van der Waals surface area contributed by atoms with E-state index < -0.39 is 0 Å². The van der Waals surface area contributed by atoms with Crippen LogP contribution in [0.3, 0.4) is 0 Å². The van der Waals surface area contributed by atoms with Crippen molar-refractivity contribution in [1.29, 1.82) is 10.5 Å². The van der Waals surface area contributed by atoms with E-state index >= 15 is 0 Å². The molecule has 0 bridgehead atoms. The number of amides is 2. The van der Waals surface area contributed by atoms with Crippen molar-refractivity contribution in [3.63, 3.8) is 0 Å². The number of β-lactam (4-membered cyclic amide) rings is 2. The van der Waals surface area contributed by atoms with E-state index in [0.29, 0.717) is 35.0 Å². The molecular weight excluding hydrogens is 761 g/mol. The van der Waals surface area contributed by atoms with Crippen LogP contribution in [-0.4, -0.2) is 142 Å². The number of carbonyl (C=O) groups is 2. The Balaban J connectivity index is 0.000000154. The van der Waals surface area contributed by atoms with Crippen LogP contribution >= 0.6 is 0 Å². The third kappa shape index (κ3) is 8.17. The number of morpholine rings is 2. The second-order valence-corrected chi connectivity index (χ2v) is 17.6. The number of carbonyl (C=O) groups excluding carboxylic acids is 2. The summed E-state index contributed by atoms with van der Waals surface area (Å²) in [6.07, 6.45) is 12.4. The number of rotatable bonds is 6. The molecule has 4 atom stereocenters. The quantitative estimate of drug-likeness (QED) is 0.271. The molecular formula is C44H52N12O4. The minimum Gasteiger partial charge on any atom is -0.370 e. The van der Waals surface area contributed by atoms with Crippen LogP contribution in [0.2, 0.25) is 0 Å². The highest BCUT2D eigenvalue weighted by Gasteiger charge is 2.46. The Morgan fingerprint density at radius 3 is 1.33 bits per heavy atom. The smallest absolute Gasteiger partial charge is 0.222 e. The minimum absolute atomic E-state index is 0.0560. The molecule has 16 nitrogen and oxygen atoms in total. The van der Waals surface area contributed by atoms with E-state index in [-0.39, 0.29) is 47.3 Å². The zero-order valence-corrected chi connectivity index (χ0v) is 34.3. The number of piperidine rings is 2. The number of benzene rings is 2. The Bertz CT molecular complexity index is 2160. The maximum Gasteiger partial charge on any atom is 0.222 e. The first kappa shape index (κ1) is 39.9. The molecule has 0 saturated carbocycles. The average Bonchev–Trinajstić information content (AvgIpc) is 3.23. The predicted molar refractivity (Wildman–Crippen MR) is 224 cm³/mol. The van der Waals surface area contributed by atoms with Crippen molar-refractivity contribution in [3.8, 4) is 12.1 Å². The lowest BCUT2D eigenvalue weighted by Crippen LogP contribution is -2.65. The summed E-state index contributed by atoms with van der Waals surface area (Å²) in [5.74, 6) is 0.363. The number of hydrogen-bond acceptors (Lipinski definition) is 14. The molecule has 2 aromatic heterocycles. The molecule has 6 aliphatic heterocycles. The summed E-state index contributed by atoms with van der Waals surface area (Å²) in [5, 5.41) is 25.0. The molecule has 2 amide bonds. The molecule has 6 aliphatic rings. The van der Waals surface area contributed by atoms with Gasteiger partial charge in [-0.2, -0.15) is 10.5 Å². The molecule has 0 aliphatic carbocycles. The summed E-state index contributed by atoms with van der Waals surface area (Å²) in [4.78, 5) is 50.0. The number of hydrogen-bond donors (Lipinski definition) is 2. The highest BCUT2D eigenvalue weighted by Crippen LogP contribution is 2.35. The molecule has 10 rings (SSSR count). The van der Waals surface area contributed by atoms with Gasteiger partial charge in [-0.25, -0.2) is 0 Å². The molecule has 2 N–H and O–H groups in total. The number of nitrogens with zero attached hydrogens (tertiary/aromatic N) is 10. The fourth-order valence-electron chi connectivity index (χ4n) is 10.1. The fourth-order valence-corrected chi connectivity index (χ4v) is 10.1. The summed E-state index contributed by atoms with van der Waals surface area (Å²) in [7, 11) is 0. The van der Waals surface area contributed by atoms with Crippen LogP contribution in [0.1, 0.15) is 63.5 Å². The molecule has 6 fully saturated rings. The van der Waals surface area contributed by atoms with Gasteiger partial charge in [0.25, 0.3) is 0 Å². The number of aromatic nitrogens is 4. The standard InChI is InChI=1S/2C22H26N6O2/c2*1-15-12-28(18-3-2-16(11-23)20-21(18)25-7-6-24-20)14-17(30-15)13-27-8-4-22(5-9-27)10-19(29)26-22/h2*2-3,6-7,15,17H,4-5,8-10,12-14H2,1H3,(H,26,29). The Morgan fingerprint density at radius 1 is 0.617 bits per heavy atom. The summed E-state index contributed by atoms with van der Waals surface area (Å²) < 4.78 is 12.5. The van der Waals surface area contributed by atoms with Gasteiger partial charge in [0.15, 0.2) is 0 Å². The maximum atomic E-state index is 11.3. The van der Waals surface area contributed by atoms with Gasteiger partial charge in [0.1, 0.15) is 34.2 Å². The molecule has 2 aromatic carbocycles. The Morgan fingerprint density at radius 2 is 0.983 bits per heavy atom. The van der Waals surface area contributed by atoms with Crippen molar-refractivity contribution in [2.24, 2.45) is 0 Å². The fraction of sp³-hybridized carbons (Fsp3) is 0.545. The molecule has 0 radical (unpaired) electrons. The highest BCUT2D eigenvalue weighted by atomic mass is 16.5. The van der Waals surface area contributed by atoms with Gasteiger partial charge < -0.3 is 39.7 Å². The molecule has 60 heavy (non-hydrogen) atoms. The SMILES string of the molecule is CC1CN(c2ccc(C#N)c3nccnc23)CC(CN2CCC3(CC2)CC(=O)N3)O1.CC1CN(c2ccc(C#N)c3nccnc23)CC(CN2CCC3(CC2)CC(=O)N3)O1. The van der Waals surface area contributed by atoms with E-state index in [1.807, 2.05) is 24.3 Å². The van der Waals surface area contributed by atoms with Gasteiger partial charge in [-0.3, -0.25) is 29.5 Å². The number of fused-ring (bicyclic) bond motifs is 2. The zero-order chi connectivity index (χ0) is 41.4. The molecule has 4 unspecified atom stereocenters. The molecule has 4 aromatic rings. The van der Waals surface area contributed by atoms with Crippen LogP contribution in [0, 0.1) is 22.7 Å². The predicted octanol–water partition coefficient (Wildman–Crippen LogP) is 2.90. The van der Waals surface area contributed by atoms with E-state index in [9.17, 15) is 20.1 Å². The van der Waals surface area contributed by atoms with Crippen molar-refractivity contribution in [3.05, 3.63) is 60.2 Å². The van der Waals surface area contributed by atoms with Crippen LogP contribution in [0.4, 0.5) is 11.4 Å².